The minimum absolute atomic E-state index is 0.162. The minimum atomic E-state index is -3.73. The standard InChI is InChI=1S/C20H26N2O5S/c1-15-14-16(20(23)21-12-5-13-26-3)6-11-19(15)22(2)28(24,25)18-9-7-17(27-4)8-10-18/h6-11,14H,5,12-13H2,1-4H3,(H,21,23). The van der Waals surface area contributed by atoms with Gasteiger partial charge in [0.25, 0.3) is 15.9 Å². The number of nitrogens with zero attached hydrogens (tertiary/aromatic N) is 1. The molecule has 0 aliphatic carbocycles. The summed E-state index contributed by atoms with van der Waals surface area (Å²) in [5, 5.41) is 2.81. The van der Waals surface area contributed by atoms with Gasteiger partial charge in [-0.25, -0.2) is 8.42 Å². The van der Waals surface area contributed by atoms with Gasteiger partial charge in [-0.3, -0.25) is 9.10 Å². The van der Waals surface area contributed by atoms with Gasteiger partial charge in [0, 0.05) is 32.9 Å². The van der Waals surface area contributed by atoms with Crippen LogP contribution >= 0.6 is 0 Å². The lowest BCUT2D eigenvalue weighted by atomic mass is 10.1. The van der Waals surface area contributed by atoms with Crippen LogP contribution in [0.15, 0.2) is 47.4 Å². The fourth-order valence-electron chi connectivity index (χ4n) is 2.71. The molecular weight excluding hydrogens is 380 g/mol. The Labute approximate surface area is 166 Å². The van der Waals surface area contributed by atoms with Gasteiger partial charge in [-0.1, -0.05) is 0 Å². The van der Waals surface area contributed by atoms with Gasteiger partial charge in [0.2, 0.25) is 0 Å². The van der Waals surface area contributed by atoms with Crippen molar-refractivity contribution in [2.45, 2.75) is 18.2 Å². The normalized spacial score (nSPS) is 11.1. The average molecular weight is 407 g/mol. The number of sulfonamides is 1. The van der Waals surface area contributed by atoms with Gasteiger partial charge in [-0.2, -0.15) is 0 Å². The second-order valence-electron chi connectivity index (χ2n) is 6.25. The van der Waals surface area contributed by atoms with Crippen LogP contribution in [0.4, 0.5) is 5.69 Å². The van der Waals surface area contributed by atoms with E-state index in [1.54, 1.807) is 44.4 Å². The Morgan fingerprint density at radius 1 is 1.11 bits per heavy atom. The highest BCUT2D eigenvalue weighted by molar-refractivity contribution is 7.92. The molecule has 7 nitrogen and oxygen atoms in total. The Hall–Kier alpha value is -2.58. The first kappa shape index (κ1) is 21.7. The monoisotopic (exact) mass is 406 g/mol. The van der Waals surface area contributed by atoms with E-state index in [2.05, 4.69) is 5.32 Å². The van der Waals surface area contributed by atoms with Crippen molar-refractivity contribution in [2.24, 2.45) is 0 Å². The highest BCUT2D eigenvalue weighted by atomic mass is 32.2. The van der Waals surface area contributed by atoms with Crippen molar-refractivity contribution in [1.29, 1.82) is 0 Å². The summed E-state index contributed by atoms with van der Waals surface area (Å²) >= 11 is 0. The van der Waals surface area contributed by atoms with Crippen LogP contribution in [0.2, 0.25) is 0 Å². The van der Waals surface area contributed by atoms with Crippen LogP contribution in [0.3, 0.4) is 0 Å². The van der Waals surface area contributed by atoms with Crippen molar-refractivity contribution < 1.29 is 22.7 Å². The molecular formula is C20H26N2O5S. The number of carbonyl (C=O) groups is 1. The zero-order valence-electron chi connectivity index (χ0n) is 16.6. The van der Waals surface area contributed by atoms with Crippen molar-refractivity contribution in [3.05, 3.63) is 53.6 Å². The van der Waals surface area contributed by atoms with E-state index in [4.69, 9.17) is 9.47 Å². The maximum absolute atomic E-state index is 12.9. The number of hydrogen-bond acceptors (Lipinski definition) is 5. The molecule has 0 aliphatic rings. The van der Waals surface area contributed by atoms with Gasteiger partial charge in [0.05, 0.1) is 17.7 Å². The van der Waals surface area contributed by atoms with Gasteiger partial charge in [-0.05, 0) is 61.4 Å². The predicted octanol–water partition coefficient (Wildman–Crippen LogP) is 2.60. The van der Waals surface area contributed by atoms with Crippen LogP contribution in [0.25, 0.3) is 0 Å². The SMILES string of the molecule is COCCCNC(=O)c1ccc(N(C)S(=O)(=O)c2ccc(OC)cc2)c(C)c1. The molecule has 8 heteroatoms. The summed E-state index contributed by atoms with van der Waals surface area (Å²) in [4.78, 5) is 12.4. The largest absolute Gasteiger partial charge is 0.497 e. The molecule has 0 spiro atoms. The second-order valence-corrected chi connectivity index (χ2v) is 8.22. The second kappa shape index (κ2) is 9.57. The topological polar surface area (TPSA) is 84.9 Å². The number of aryl methyl sites for hydroxylation is 1. The fraction of sp³-hybridized carbons (Fsp3) is 0.350. The lowest BCUT2D eigenvalue weighted by Gasteiger charge is -2.22. The maximum Gasteiger partial charge on any atom is 0.264 e. The van der Waals surface area contributed by atoms with Crippen molar-refractivity contribution in [1.82, 2.24) is 5.32 Å². The van der Waals surface area contributed by atoms with E-state index in [1.807, 2.05) is 0 Å². The molecule has 2 aromatic rings. The summed E-state index contributed by atoms with van der Waals surface area (Å²) in [5.41, 5.74) is 1.67. The molecule has 0 saturated carbocycles. The Kier molecular flexibility index (Phi) is 7.42. The van der Waals surface area contributed by atoms with Gasteiger partial charge in [-0.15, -0.1) is 0 Å². The van der Waals surface area contributed by atoms with Crippen molar-refractivity contribution >= 4 is 21.6 Å². The molecule has 152 valence electrons. The highest BCUT2D eigenvalue weighted by Gasteiger charge is 2.23. The molecule has 1 amide bonds. The van der Waals surface area contributed by atoms with Crippen LogP contribution in [-0.2, 0) is 14.8 Å². The molecule has 0 aliphatic heterocycles. The summed E-state index contributed by atoms with van der Waals surface area (Å²) in [7, 11) is 0.896. The van der Waals surface area contributed by atoms with E-state index in [0.29, 0.717) is 35.7 Å². The predicted molar refractivity (Wildman–Crippen MR) is 109 cm³/mol. The molecule has 0 aromatic heterocycles. The molecule has 2 aromatic carbocycles. The first-order valence-corrected chi connectivity index (χ1v) is 10.3. The third-order valence-corrected chi connectivity index (χ3v) is 6.11. The number of nitrogens with one attached hydrogen (secondary N) is 1. The number of anilines is 1. The maximum atomic E-state index is 12.9. The Bertz CT molecular complexity index is 911. The lowest BCUT2D eigenvalue weighted by molar-refractivity contribution is 0.0948. The third-order valence-electron chi connectivity index (χ3n) is 4.33. The number of ether oxygens (including phenoxy) is 2. The summed E-state index contributed by atoms with van der Waals surface area (Å²) in [6.45, 7) is 2.86. The lowest BCUT2D eigenvalue weighted by Crippen LogP contribution is -2.28. The number of carbonyl (C=O) groups excluding carboxylic acids is 1. The first-order chi connectivity index (χ1) is 13.3. The van der Waals surface area contributed by atoms with Crippen molar-refractivity contribution in [3.8, 4) is 5.75 Å². The van der Waals surface area contributed by atoms with E-state index in [0.717, 1.165) is 6.42 Å². The molecule has 0 heterocycles. The summed E-state index contributed by atoms with van der Waals surface area (Å²) in [5.74, 6) is 0.380. The van der Waals surface area contributed by atoms with E-state index in [1.165, 1.54) is 30.6 Å². The number of amides is 1. The van der Waals surface area contributed by atoms with Crippen molar-refractivity contribution in [3.63, 3.8) is 0 Å². The van der Waals surface area contributed by atoms with Crippen LogP contribution in [0.5, 0.6) is 5.75 Å². The summed E-state index contributed by atoms with van der Waals surface area (Å²) in [6.07, 6.45) is 0.724. The van der Waals surface area contributed by atoms with Gasteiger partial charge < -0.3 is 14.8 Å². The van der Waals surface area contributed by atoms with Crippen molar-refractivity contribution in [2.75, 3.05) is 38.7 Å². The van der Waals surface area contributed by atoms with Crippen LogP contribution in [0.1, 0.15) is 22.3 Å². The molecule has 28 heavy (non-hydrogen) atoms. The molecule has 0 bridgehead atoms. The van der Waals surface area contributed by atoms with Crippen LogP contribution < -0.4 is 14.4 Å². The molecule has 2 rings (SSSR count). The molecule has 0 unspecified atom stereocenters. The molecule has 0 radical (unpaired) electrons. The quantitative estimate of drug-likeness (QED) is 0.647. The number of benzene rings is 2. The molecule has 1 N–H and O–H groups in total. The molecule has 0 fully saturated rings. The number of rotatable bonds is 9. The molecule has 0 saturated heterocycles. The minimum Gasteiger partial charge on any atom is -0.497 e. The van der Waals surface area contributed by atoms with Crippen LogP contribution in [0, 0.1) is 6.92 Å². The number of methoxy groups -OCH3 is 2. The molecule has 0 atom stereocenters. The Balaban J connectivity index is 2.18. The number of hydrogen-bond donors (Lipinski definition) is 1. The smallest absolute Gasteiger partial charge is 0.264 e. The van der Waals surface area contributed by atoms with Crippen LogP contribution in [-0.4, -0.2) is 48.7 Å². The van der Waals surface area contributed by atoms with Gasteiger partial charge >= 0.3 is 0 Å². The third kappa shape index (κ3) is 5.02. The van der Waals surface area contributed by atoms with E-state index in [-0.39, 0.29) is 10.8 Å². The van der Waals surface area contributed by atoms with E-state index >= 15 is 0 Å². The first-order valence-electron chi connectivity index (χ1n) is 8.82. The van der Waals surface area contributed by atoms with Gasteiger partial charge in [0.1, 0.15) is 5.75 Å². The van der Waals surface area contributed by atoms with Gasteiger partial charge in [0.15, 0.2) is 0 Å². The summed E-state index contributed by atoms with van der Waals surface area (Å²) < 4.78 is 37.0. The zero-order valence-corrected chi connectivity index (χ0v) is 17.4. The van der Waals surface area contributed by atoms with E-state index < -0.39 is 10.0 Å². The fourth-order valence-corrected chi connectivity index (χ4v) is 3.97. The summed E-state index contributed by atoms with van der Waals surface area (Å²) in [6, 6.07) is 11.1. The Morgan fingerprint density at radius 2 is 1.79 bits per heavy atom. The zero-order chi connectivity index (χ0) is 20.7. The van der Waals surface area contributed by atoms with E-state index in [9.17, 15) is 13.2 Å². The highest BCUT2D eigenvalue weighted by Crippen LogP contribution is 2.27. The average Bonchev–Trinajstić information content (AvgIpc) is 2.70. The Morgan fingerprint density at radius 3 is 2.36 bits per heavy atom.